The number of anilines is 1. The maximum atomic E-state index is 13.2. The Balaban J connectivity index is 1.30. The Bertz CT molecular complexity index is 1290. The van der Waals surface area contributed by atoms with Crippen LogP contribution < -0.4 is 11.1 Å². The van der Waals surface area contributed by atoms with Gasteiger partial charge in [0, 0.05) is 30.1 Å². The molecule has 18 heteroatoms. The highest BCUT2D eigenvalue weighted by Gasteiger charge is 2.54. The number of aliphatic carboxylic acids is 1. The van der Waals surface area contributed by atoms with E-state index in [1.54, 1.807) is 7.05 Å². The molecule has 2 aromatic rings. The lowest BCUT2D eigenvalue weighted by molar-refractivity contribution is -0.150. The van der Waals surface area contributed by atoms with Crippen LogP contribution in [-0.2, 0) is 26.3 Å². The van der Waals surface area contributed by atoms with Gasteiger partial charge in [0.25, 0.3) is 11.8 Å². The highest BCUT2D eigenvalue weighted by molar-refractivity contribution is 8.01. The van der Waals surface area contributed by atoms with E-state index in [-0.39, 0.29) is 28.5 Å². The number of rotatable bonds is 9. The Labute approximate surface area is 222 Å². The molecule has 1 unspecified atom stereocenters. The number of tetrazole rings is 1. The predicted octanol–water partition coefficient (Wildman–Crippen LogP) is -0.162. The molecule has 2 aromatic heterocycles. The molecule has 15 nitrogen and oxygen atoms in total. The van der Waals surface area contributed by atoms with Crippen LogP contribution in [0, 0.1) is 0 Å². The van der Waals surface area contributed by atoms with Crippen molar-refractivity contribution in [3.05, 3.63) is 17.1 Å². The summed E-state index contributed by atoms with van der Waals surface area (Å²) >= 11 is 3.54. The number of fused-ring (bicyclic) bond motifs is 1. The molecule has 0 radical (unpaired) electrons. The van der Waals surface area contributed by atoms with Crippen molar-refractivity contribution in [1.82, 2.24) is 39.8 Å². The van der Waals surface area contributed by atoms with E-state index in [0.29, 0.717) is 22.2 Å². The van der Waals surface area contributed by atoms with Gasteiger partial charge >= 0.3 is 5.97 Å². The van der Waals surface area contributed by atoms with Crippen molar-refractivity contribution in [3.8, 4) is 0 Å². The Hall–Kier alpha value is -3.25. The number of carboxylic acids is 1. The molecular formula is C19H22N10O5S3. The van der Waals surface area contributed by atoms with E-state index in [9.17, 15) is 19.5 Å². The van der Waals surface area contributed by atoms with Crippen LogP contribution in [0.4, 0.5) is 5.13 Å². The van der Waals surface area contributed by atoms with E-state index in [2.05, 4.69) is 35.4 Å². The summed E-state index contributed by atoms with van der Waals surface area (Å²) in [6, 6.07) is -0.948. The summed E-state index contributed by atoms with van der Waals surface area (Å²) in [5.74, 6) is -1.80. The molecule has 5 rings (SSSR count). The summed E-state index contributed by atoms with van der Waals surface area (Å²) < 4.78 is 5.53. The lowest BCUT2D eigenvalue weighted by Crippen LogP contribution is -2.71. The predicted molar refractivity (Wildman–Crippen MR) is 133 cm³/mol. The summed E-state index contributed by atoms with van der Waals surface area (Å²) in [5.41, 5.74) is 5.97. The van der Waals surface area contributed by atoms with E-state index in [4.69, 9.17) is 10.6 Å². The summed E-state index contributed by atoms with van der Waals surface area (Å²) in [7, 11) is 1.68. The largest absolute Gasteiger partial charge is 0.477 e. The quantitative estimate of drug-likeness (QED) is 0.156. The Kier molecular flexibility index (Phi) is 7.29. The first-order valence-electron chi connectivity index (χ1n) is 11.2. The third-order valence-corrected chi connectivity index (χ3v) is 8.94. The van der Waals surface area contributed by atoms with Gasteiger partial charge in [0.2, 0.25) is 16.7 Å². The topological polar surface area (TPSA) is 204 Å². The summed E-state index contributed by atoms with van der Waals surface area (Å²) in [5, 5.41) is 27.8. The molecular weight excluding hydrogens is 544 g/mol. The Morgan fingerprint density at radius 2 is 2.14 bits per heavy atom. The molecule has 1 saturated carbocycles. The van der Waals surface area contributed by atoms with Crippen LogP contribution in [0.2, 0.25) is 0 Å². The highest BCUT2D eigenvalue weighted by Crippen LogP contribution is 2.41. The number of hydrogen-bond donors (Lipinski definition) is 3. The van der Waals surface area contributed by atoms with Crippen LogP contribution in [0.3, 0.4) is 0 Å². The van der Waals surface area contributed by atoms with Crippen molar-refractivity contribution < 1.29 is 24.3 Å². The first-order valence-corrected chi connectivity index (χ1v) is 14.0. The molecule has 0 bridgehead atoms. The molecule has 4 N–H and O–H groups in total. The monoisotopic (exact) mass is 566 g/mol. The number of β-lactam (4-membered cyclic amide) rings is 1. The minimum atomic E-state index is -1.22. The number of thioether (sulfide) groups is 2. The van der Waals surface area contributed by atoms with Gasteiger partial charge in [-0.05, 0) is 41.7 Å². The third kappa shape index (κ3) is 5.12. The minimum absolute atomic E-state index is 0.00150. The van der Waals surface area contributed by atoms with Crippen molar-refractivity contribution in [3.63, 3.8) is 0 Å². The number of nitrogen functional groups attached to an aromatic ring is 1. The van der Waals surface area contributed by atoms with Gasteiger partial charge in [-0.15, -0.1) is 16.9 Å². The zero-order valence-electron chi connectivity index (χ0n) is 19.4. The van der Waals surface area contributed by atoms with Crippen molar-refractivity contribution >= 4 is 63.7 Å². The number of nitrogens with one attached hydrogen (secondary N) is 1. The van der Waals surface area contributed by atoms with Crippen LogP contribution in [-0.4, -0.2) is 92.1 Å². The van der Waals surface area contributed by atoms with Crippen LogP contribution in [0.5, 0.6) is 0 Å². The molecule has 0 aromatic carbocycles. The van der Waals surface area contributed by atoms with E-state index >= 15 is 0 Å². The number of amides is 2. The molecule has 2 aliphatic heterocycles. The second-order valence-corrected chi connectivity index (χ2v) is 11.2. The van der Waals surface area contributed by atoms with E-state index in [1.807, 2.05) is 0 Å². The Morgan fingerprint density at radius 1 is 1.35 bits per heavy atom. The minimum Gasteiger partial charge on any atom is -0.477 e. The van der Waals surface area contributed by atoms with Gasteiger partial charge in [-0.25, -0.2) is 9.48 Å². The second kappa shape index (κ2) is 10.6. The molecule has 1 aliphatic carbocycles. The molecule has 2 atom stereocenters. The van der Waals surface area contributed by atoms with Gasteiger partial charge in [0.05, 0.1) is 0 Å². The zero-order chi connectivity index (χ0) is 26.1. The average Bonchev–Trinajstić information content (AvgIpc) is 3.64. The van der Waals surface area contributed by atoms with Gasteiger partial charge in [-0.1, -0.05) is 16.9 Å². The van der Waals surface area contributed by atoms with Crippen molar-refractivity contribution in [2.24, 2.45) is 12.2 Å². The van der Waals surface area contributed by atoms with Crippen LogP contribution in [0.1, 0.15) is 31.5 Å². The third-order valence-electron chi connectivity index (χ3n) is 5.96. The lowest BCUT2D eigenvalue weighted by atomic mass is 10.0. The van der Waals surface area contributed by atoms with Crippen molar-refractivity contribution in [2.45, 2.75) is 48.4 Å². The zero-order valence-corrected chi connectivity index (χ0v) is 21.9. The summed E-state index contributed by atoms with van der Waals surface area (Å²) in [6.45, 7) is 0. The number of carbonyl (C=O) groups is 3. The SMILES string of the molecule is Cn1nnnc1SCC1=C(C(=O)O)N2C(=O)C(NC(=O)/C(=N\OC3CCCC3)c3nsc(N)n3)[C@H]2SC1. The molecule has 4 heterocycles. The maximum Gasteiger partial charge on any atom is 0.352 e. The van der Waals surface area contributed by atoms with Gasteiger partial charge < -0.3 is 21.0 Å². The Morgan fingerprint density at radius 3 is 2.78 bits per heavy atom. The highest BCUT2D eigenvalue weighted by atomic mass is 32.2. The molecule has 2 amide bonds. The van der Waals surface area contributed by atoms with Crippen molar-refractivity contribution in [2.75, 3.05) is 17.2 Å². The summed E-state index contributed by atoms with van der Waals surface area (Å²) in [4.78, 5) is 49.1. The van der Waals surface area contributed by atoms with Crippen LogP contribution >= 0.6 is 35.1 Å². The summed E-state index contributed by atoms with van der Waals surface area (Å²) in [6.07, 6.45) is 3.59. The average molecular weight is 567 g/mol. The van der Waals surface area contributed by atoms with Gasteiger partial charge in [-0.2, -0.15) is 9.36 Å². The number of nitrogens with two attached hydrogens (primary N) is 1. The van der Waals surface area contributed by atoms with E-state index < -0.39 is 29.2 Å². The number of oxime groups is 1. The molecule has 3 aliphatic rings. The molecule has 37 heavy (non-hydrogen) atoms. The second-order valence-electron chi connectivity index (χ2n) is 8.40. The lowest BCUT2D eigenvalue weighted by Gasteiger charge is -2.49. The first kappa shape index (κ1) is 25.4. The molecule has 2 fully saturated rings. The van der Waals surface area contributed by atoms with E-state index in [1.165, 1.54) is 33.1 Å². The fourth-order valence-corrected chi connectivity index (χ4v) is 6.90. The molecule has 1 saturated heterocycles. The number of carboxylic acid groups (broad SMARTS) is 1. The fourth-order valence-electron chi connectivity index (χ4n) is 4.14. The van der Waals surface area contributed by atoms with Gasteiger partial charge in [0.15, 0.2) is 5.13 Å². The molecule has 196 valence electrons. The maximum absolute atomic E-state index is 13.2. The molecule has 0 spiro atoms. The van der Waals surface area contributed by atoms with E-state index in [0.717, 1.165) is 37.2 Å². The number of carbonyl (C=O) groups excluding carboxylic acids is 2. The van der Waals surface area contributed by atoms with Gasteiger partial charge in [-0.3, -0.25) is 14.5 Å². The van der Waals surface area contributed by atoms with Crippen molar-refractivity contribution in [1.29, 1.82) is 0 Å². The standard InChI is InChI=1S/C19H22N10O5S3/c1-28-19(23-26-27-28)36-7-8-6-35-16-11(15(31)29(16)12(8)17(32)33)21-14(30)10(13-22-18(20)37-25-13)24-34-9-4-2-3-5-9/h9,11,16H,2-7H2,1H3,(H,21,30)(H,32,33)(H2,20,22,25)/b24-10-/t11?,16-/m1/s1. The van der Waals surface area contributed by atoms with Crippen LogP contribution in [0.15, 0.2) is 21.6 Å². The number of hydrogen-bond acceptors (Lipinski definition) is 14. The fraction of sp³-hybridized carbons (Fsp3) is 0.526. The van der Waals surface area contributed by atoms with Gasteiger partial charge in [0.1, 0.15) is 23.2 Å². The number of nitrogens with zero attached hydrogens (tertiary/aromatic N) is 8. The smallest absolute Gasteiger partial charge is 0.352 e. The van der Waals surface area contributed by atoms with Crippen LogP contribution in [0.25, 0.3) is 0 Å². The normalized spacial score (nSPS) is 22.1. The first-order chi connectivity index (χ1) is 17.8. The number of aryl methyl sites for hydroxylation is 1. The number of aromatic nitrogens is 6.